The van der Waals surface area contributed by atoms with Crippen LogP contribution >= 0.6 is 11.6 Å². The summed E-state index contributed by atoms with van der Waals surface area (Å²) in [5, 5.41) is 7.19. The summed E-state index contributed by atoms with van der Waals surface area (Å²) in [5.41, 5.74) is 6.14. The van der Waals surface area contributed by atoms with E-state index in [0.717, 1.165) is 71.5 Å². The van der Waals surface area contributed by atoms with Crippen LogP contribution in [0, 0.1) is 0 Å². The van der Waals surface area contributed by atoms with Gasteiger partial charge in [0.15, 0.2) is 0 Å². The molecule has 0 spiro atoms. The Hall–Kier alpha value is -2.70. The molecule has 1 atom stereocenters. The Labute approximate surface area is 183 Å². The molecule has 2 heterocycles. The van der Waals surface area contributed by atoms with E-state index in [1.807, 2.05) is 36.4 Å². The Morgan fingerprint density at radius 1 is 1.13 bits per heavy atom. The predicted molar refractivity (Wildman–Crippen MR) is 125 cm³/mol. The van der Waals surface area contributed by atoms with Crippen LogP contribution in [0.15, 0.2) is 59.4 Å². The fourth-order valence-corrected chi connectivity index (χ4v) is 4.54. The molecule has 1 saturated heterocycles. The summed E-state index contributed by atoms with van der Waals surface area (Å²) in [5.74, 6) is 0. The third-order valence-electron chi connectivity index (χ3n) is 6.06. The number of piperazine rings is 1. The first-order chi connectivity index (χ1) is 14.5. The molecule has 1 aromatic carbocycles. The van der Waals surface area contributed by atoms with E-state index in [0.29, 0.717) is 0 Å². The van der Waals surface area contributed by atoms with Crippen LogP contribution < -0.4 is 20.4 Å². The molecule has 4 rings (SSSR count). The zero-order valence-electron chi connectivity index (χ0n) is 17.7. The molecule has 0 bridgehead atoms. The number of halogens is 1. The van der Waals surface area contributed by atoms with Crippen molar-refractivity contribution in [1.82, 2.24) is 10.2 Å². The summed E-state index contributed by atoms with van der Waals surface area (Å²) < 4.78 is 0. The lowest BCUT2D eigenvalue weighted by Gasteiger charge is -2.35. The predicted octanol–water partition coefficient (Wildman–Crippen LogP) is 3.35. The van der Waals surface area contributed by atoms with Gasteiger partial charge in [0, 0.05) is 44.5 Å². The SMILES string of the molecule is C/C(=C1/C=CC=CC=C1NC=O)C1Nc2cc(Cl)c(N3CCN(C)CC3)cc2N1C. The molecule has 30 heavy (non-hydrogen) atoms. The van der Waals surface area contributed by atoms with Crippen molar-refractivity contribution in [2.24, 2.45) is 0 Å². The largest absolute Gasteiger partial charge is 0.368 e. The summed E-state index contributed by atoms with van der Waals surface area (Å²) in [4.78, 5) is 18.0. The van der Waals surface area contributed by atoms with Gasteiger partial charge in [-0.05, 0) is 37.8 Å². The van der Waals surface area contributed by atoms with E-state index in [1.165, 1.54) is 0 Å². The number of carbonyl (C=O) groups excluding carboxylic acids is 1. The Kier molecular flexibility index (Phi) is 5.88. The van der Waals surface area contributed by atoms with Crippen molar-refractivity contribution >= 4 is 35.1 Å². The molecule has 158 valence electrons. The van der Waals surface area contributed by atoms with Crippen LogP contribution in [0.2, 0.25) is 5.02 Å². The van der Waals surface area contributed by atoms with Gasteiger partial charge >= 0.3 is 0 Å². The van der Waals surface area contributed by atoms with Gasteiger partial charge < -0.3 is 25.3 Å². The smallest absolute Gasteiger partial charge is 0.211 e. The number of hydrogen-bond donors (Lipinski definition) is 2. The number of nitrogens with one attached hydrogen (secondary N) is 2. The molecule has 0 saturated carbocycles. The quantitative estimate of drug-likeness (QED) is 0.724. The van der Waals surface area contributed by atoms with Crippen molar-refractivity contribution in [3.8, 4) is 0 Å². The number of allylic oxidation sites excluding steroid dienone is 5. The third kappa shape index (κ3) is 3.85. The maximum absolute atomic E-state index is 11.1. The highest BCUT2D eigenvalue weighted by Gasteiger charge is 2.31. The second kappa shape index (κ2) is 8.58. The zero-order chi connectivity index (χ0) is 21.3. The van der Waals surface area contributed by atoms with Crippen LogP contribution in [-0.4, -0.2) is 57.8 Å². The topological polar surface area (TPSA) is 50.9 Å². The fraction of sp³-hybridized carbons (Fsp3) is 0.348. The highest BCUT2D eigenvalue weighted by atomic mass is 35.5. The highest BCUT2D eigenvalue weighted by Crippen LogP contribution is 2.43. The number of nitrogens with zero attached hydrogens (tertiary/aromatic N) is 3. The van der Waals surface area contributed by atoms with Crippen LogP contribution in [-0.2, 0) is 4.79 Å². The van der Waals surface area contributed by atoms with Crippen LogP contribution in [0.5, 0.6) is 0 Å². The second-order valence-corrected chi connectivity index (χ2v) is 8.36. The van der Waals surface area contributed by atoms with Gasteiger partial charge in [-0.25, -0.2) is 0 Å². The van der Waals surface area contributed by atoms with E-state index in [1.54, 1.807) is 0 Å². The molecular formula is C23H28ClN5O. The second-order valence-electron chi connectivity index (χ2n) is 7.95. The normalized spacial score (nSPS) is 22.9. The molecule has 1 aliphatic carbocycles. The molecule has 1 unspecified atom stereocenters. The van der Waals surface area contributed by atoms with Gasteiger partial charge in [-0.2, -0.15) is 0 Å². The van der Waals surface area contributed by atoms with Crippen molar-refractivity contribution in [3.05, 3.63) is 64.4 Å². The summed E-state index contributed by atoms with van der Waals surface area (Å²) in [6.07, 6.45) is 10.5. The molecule has 1 amide bonds. The zero-order valence-corrected chi connectivity index (χ0v) is 18.4. The van der Waals surface area contributed by atoms with Crippen molar-refractivity contribution in [2.45, 2.75) is 13.1 Å². The fourth-order valence-electron chi connectivity index (χ4n) is 4.26. The number of likely N-dealkylation sites (N-methyl/N-ethyl adjacent to an activating group) is 2. The number of anilines is 3. The molecule has 0 radical (unpaired) electrons. The average molecular weight is 426 g/mol. The van der Waals surface area contributed by atoms with Crippen molar-refractivity contribution in [2.75, 3.05) is 55.4 Å². The maximum atomic E-state index is 11.1. The lowest BCUT2D eigenvalue weighted by Crippen LogP contribution is -2.44. The highest BCUT2D eigenvalue weighted by molar-refractivity contribution is 6.34. The number of benzene rings is 1. The number of carbonyl (C=O) groups is 1. The first-order valence-corrected chi connectivity index (χ1v) is 10.6. The molecule has 0 aromatic heterocycles. The summed E-state index contributed by atoms with van der Waals surface area (Å²) in [6.45, 7) is 6.11. The summed E-state index contributed by atoms with van der Waals surface area (Å²) >= 11 is 6.68. The van der Waals surface area contributed by atoms with Crippen LogP contribution in [0.3, 0.4) is 0 Å². The summed E-state index contributed by atoms with van der Waals surface area (Å²) in [6, 6.07) is 4.22. The van der Waals surface area contributed by atoms with Crippen molar-refractivity contribution < 1.29 is 4.79 Å². The number of fused-ring (bicyclic) bond motifs is 1. The van der Waals surface area contributed by atoms with Crippen LogP contribution in [0.25, 0.3) is 0 Å². The van der Waals surface area contributed by atoms with E-state index in [-0.39, 0.29) is 6.17 Å². The van der Waals surface area contributed by atoms with Gasteiger partial charge in [0.25, 0.3) is 0 Å². The third-order valence-corrected chi connectivity index (χ3v) is 6.36. The Bertz CT molecular complexity index is 957. The minimum atomic E-state index is -0.0339. The molecule has 3 aliphatic rings. The minimum Gasteiger partial charge on any atom is -0.368 e. The molecule has 6 nitrogen and oxygen atoms in total. The monoisotopic (exact) mass is 425 g/mol. The Morgan fingerprint density at radius 2 is 1.90 bits per heavy atom. The molecule has 2 aliphatic heterocycles. The molecular weight excluding hydrogens is 398 g/mol. The lowest BCUT2D eigenvalue weighted by molar-refractivity contribution is -0.108. The molecule has 1 aromatic rings. The van der Waals surface area contributed by atoms with E-state index >= 15 is 0 Å². The maximum Gasteiger partial charge on any atom is 0.211 e. The van der Waals surface area contributed by atoms with E-state index in [9.17, 15) is 4.79 Å². The number of amides is 1. The number of hydrogen-bond acceptors (Lipinski definition) is 5. The summed E-state index contributed by atoms with van der Waals surface area (Å²) in [7, 11) is 4.24. The first kappa shape index (κ1) is 20.6. The van der Waals surface area contributed by atoms with E-state index in [2.05, 4.69) is 52.4 Å². The van der Waals surface area contributed by atoms with Crippen molar-refractivity contribution in [3.63, 3.8) is 0 Å². The average Bonchev–Trinajstić information content (AvgIpc) is 2.89. The molecule has 2 N–H and O–H groups in total. The van der Waals surface area contributed by atoms with E-state index < -0.39 is 0 Å². The number of rotatable bonds is 4. The van der Waals surface area contributed by atoms with Crippen LogP contribution in [0.1, 0.15) is 6.92 Å². The van der Waals surface area contributed by atoms with Crippen molar-refractivity contribution in [1.29, 1.82) is 0 Å². The van der Waals surface area contributed by atoms with Gasteiger partial charge in [0.1, 0.15) is 6.17 Å². The standard InChI is InChI=1S/C23H28ClN5O/c1-16(17-7-5-4-6-8-19(17)25-15-30)23-26-20-13-18(24)21(14-22(20)28(23)3)29-11-9-27(2)10-12-29/h4-8,13-15,23,26H,9-12H2,1-3H3,(H,25,30)/b17-16+. The Balaban J connectivity index is 1.65. The Morgan fingerprint density at radius 3 is 2.63 bits per heavy atom. The molecule has 7 heteroatoms. The van der Waals surface area contributed by atoms with Gasteiger partial charge in [-0.15, -0.1) is 0 Å². The molecule has 1 fully saturated rings. The van der Waals surface area contributed by atoms with E-state index in [4.69, 9.17) is 11.6 Å². The van der Waals surface area contributed by atoms with Gasteiger partial charge in [-0.1, -0.05) is 35.9 Å². The van der Waals surface area contributed by atoms with Crippen LogP contribution in [0.4, 0.5) is 17.1 Å². The van der Waals surface area contributed by atoms with Gasteiger partial charge in [0.05, 0.1) is 22.1 Å². The first-order valence-electron chi connectivity index (χ1n) is 10.2. The van der Waals surface area contributed by atoms with Gasteiger partial charge in [-0.3, -0.25) is 4.79 Å². The minimum absolute atomic E-state index is 0.0339. The van der Waals surface area contributed by atoms with Gasteiger partial charge in [0.2, 0.25) is 6.41 Å². The lowest BCUT2D eigenvalue weighted by atomic mass is 10.0.